The Hall–Kier alpha value is 0.253. The Kier molecular flexibility index (Phi) is 27.8. The summed E-state index contributed by atoms with van der Waals surface area (Å²) in [4.78, 5) is 41.1. The molecule has 0 aromatic carbocycles. The van der Waals surface area contributed by atoms with E-state index in [4.69, 9.17) is 10.8 Å². The number of Topliss-reactive ketones (excluding diaryl/α,β-unsaturated/α-hetero) is 1. The van der Waals surface area contributed by atoms with Crippen LogP contribution in [0.5, 0.6) is 0 Å². The molecule has 1 saturated heterocycles. The molecule has 0 bridgehead atoms. The SMILES string of the molecule is [CH2-]C(=O)CN1CCN(CC(=O)O)CCN(CC(=O)[O-])CCN(CC(C)O)CC1.[CH2-]C1CCCCC1[NH-].[CH3-].[Gd].[Pt]. The molecule has 3 N–H and O–H groups in total. The molecule has 1 aliphatic heterocycles. The van der Waals surface area contributed by atoms with Gasteiger partial charge >= 0.3 is 5.97 Å². The van der Waals surface area contributed by atoms with E-state index in [9.17, 15) is 24.6 Å². The van der Waals surface area contributed by atoms with Crippen molar-refractivity contribution >= 4 is 17.7 Å². The normalized spacial score (nSPS) is 23.1. The van der Waals surface area contributed by atoms with Crippen LogP contribution in [-0.4, -0.2) is 138 Å². The Morgan fingerprint density at radius 2 is 1.31 bits per heavy atom. The molecule has 2 rings (SSSR count). The first kappa shape index (κ1) is 43.7. The van der Waals surface area contributed by atoms with Crippen molar-refractivity contribution in [3.8, 4) is 0 Å². The number of aliphatic hydroxyl groups is 1. The van der Waals surface area contributed by atoms with Gasteiger partial charge in [0.05, 0.1) is 18.6 Å². The molecule has 236 valence electrons. The average molecular weight is 879 g/mol. The quantitative estimate of drug-likeness (QED) is 0.312. The summed E-state index contributed by atoms with van der Waals surface area (Å²) in [6.07, 6.45) is 4.27. The number of hydrogen-bond donors (Lipinski definition) is 2. The molecule has 3 atom stereocenters. The molecular formula is C26H48GdN5O6Pt-5. The van der Waals surface area contributed by atoms with E-state index in [1.165, 1.54) is 19.3 Å². The maximum absolute atomic E-state index is 11.5. The Morgan fingerprint density at radius 3 is 1.64 bits per heavy atom. The Balaban J connectivity index is -0.00000101. The minimum Gasteiger partial charge on any atom is -0.677 e. The first-order valence-corrected chi connectivity index (χ1v) is 12.8. The molecule has 39 heavy (non-hydrogen) atoms. The molecule has 1 aliphatic carbocycles. The summed E-state index contributed by atoms with van der Waals surface area (Å²) >= 11 is 0. The maximum atomic E-state index is 11.5. The number of ketones is 1. The van der Waals surface area contributed by atoms with Gasteiger partial charge < -0.3 is 51.9 Å². The van der Waals surface area contributed by atoms with E-state index in [0.29, 0.717) is 64.8 Å². The van der Waals surface area contributed by atoms with Crippen molar-refractivity contribution in [2.45, 2.75) is 44.8 Å². The van der Waals surface area contributed by atoms with Crippen LogP contribution in [0.3, 0.4) is 0 Å². The summed E-state index contributed by atoms with van der Waals surface area (Å²) in [5.74, 6) is -1.93. The molecule has 3 unspecified atom stereocenters. The van der Waals surface area contributed by atoms with Gasteiger partial charge in [-0.25, -0.2) is 0 Å². The predicted octanol–water partition coefficient (Wildman–Crippen LogP) is -0.294. The maximum Gasteiger partial charge on any atom is 0.317 e. The zero-order valence-electron chi connectivity index (χ0n) is 23.4. The second-order valence-electron chi connectivity index (χ2n) is 9.93. The number of carboxylic acid groups (broad SMARTS) is 2. The first-order valence-electron chi connectivity index (χ1n) is 12.8. The third-order valence-corrected chi connectivity index (χ3v) is 6.47. The number of nitrogens with one attached hydrogen (secondary N) is 1. The minimum absolute atomic E-state index is 0. The third-order valence-electron chi connectivity index (χ3n) is 6.47. The van der Waals surface area contributed by atoms with Crippen molar-refractivity contribution in [3.63, 3.8) is 0 Å². The van der Waals surface area contributed by atoms with Gasteiger partial charge in [0, 0.05) is 139 Å². The molecule has 1 heterocycles. The minimum atomic E-state index is -1.18. The molecule has 2 aliphatic rings. The van der Waals surface area contributed by atoms with Gasteiger partial charge in [-0.1, -0.05) is 25.7 Å². The molecule has 2 fully saturated rings. The van der Waals surface area contributed by atoms with E-state index in [0.717, 1.165) is 6.42 Å². The van der Waals surface area contributed by atoms with Crippen LogP contribution in [0.2, 0.25) is 0 Å². The third kappa shape index (κ3) is 22.5. The van der Waals surface area contributed by atoms with Crippen molar-refractivity contribution in [2.75, 3.05) is 78.5 Å². The zero-order valence-corrected chi connectivity index (χ0v) is 28.0. The van der Waals surface area contributed by atoms with Crippen LogP contribution < -0.4 is 5.11 Å². The molecule has 0 aromatic rings. The number of carbonyl (C=O) groups excluding carboxylic acids is 2. The number of aliphatic carboxylic acids is 2. The van der Waals surface area contributed by atoms with Crippen molar-refractivity contribution in [1.82, 2.24) is 19.6 Å². The average Bonchev–Trinajstić information content (AvgIpc) is 2.76. The summed E-state index contributed by atoms with van der Waals surface area (Å²) in [6, 6.07) is 0.142. The van der Waals surface area contributed by atoms with Gasteiger partial charge in [-0.3, -0.25) is 24.4 Å². The van der Waals surface area contributed by atoms with Crippen LogP contribution in [0.25, 0.3) is 5.73 Å². The molecule has 0 amide bonds. The topological polar surface area (TPSA) is 151 Å². The van der Waals surface area contributed by atoms with Gasteiger partial charge in [0.25, 0.3) is 0 Å². The standard InChI is InChI=1S/C18H33N4O6.C7H13N.CH3.Gd.Pt/c1-15(23)11-19-3-4-20(12-16(2)24)6-8-22(14-18(27)28)10-9-21(7-5-19)13-17(25)26;1-6-4-2-3-5-7(6)8;;;/h16,24H,1,3-14H2,2H3,(H,25,26)(H,27,28);6-8H,1-5H2;1H3;;/q-1;-2;-1;;/p-1. The fourth-order valence-corrected chi connectivity index (χ4v) is 4.44. The molecular weight excluding hydrogens is 831 g/mol. The summed E-state index contributed by atoms with van der Waals surface area (Å²) < 4.78 is 0. The Labute approximate surface area is 282 Å². The fraction of sp³-hybridized carbons (Fsp3) is 0.769. The number of aliphatic hydroxyl groups excluding tert-OH is 1. The van der Waals surface area contributed by atoms with E-state index in [-0.39, 0.29) is 99.9 Å². The van der Waals surface area contributed by atoms with Crippen LogP contribution in [0, 0.1) is 67.1 Å². The van der Waals surface area contributed by atoms with E-state index in [1.54, 1.807) is 16.7 Å². The second-order valence-corrected chi connectivity index (χ2v) is 9.93. The van der Waals surface area contributed by atoms with Crippen molar-refractivity contribution in [1.29, 1.82) is 0 Å². The van der Waals surface area contributed by atoms with Crippen LogP contribution in [0.1, 0.15) is 32.6 Å². The molecule has 0 aromatic heterocycles. The van der Waals surface area contributed by atoms with Crippen molar-refractivity contribution in [3.05, 3.63) is 27.0 Å². The number of hydrogen-bond acceptors (Lipinski definition) is 9. The number of nitrogens with zero attached hydrogens (tertiary/aromatic N) is 4. The molecule has 13 heteroatoms. The zero-order chi connectivity index (χ0) is 27.1. The molecule has 11 nitrogen and oxygen atoms in total. The number of rotatable bonds is 8. The van der Waals surface area contributed by atoms with Gasteiger partial charge in [0.2, 0.25) is 0 Å². The largest absolute Gasteiger partial charge is 0.677 e. The van der Waals surface area contributed by atoms with Crippen LogP contribution in [0.15, 0.2) is 0 Å². The van der Waals surface area contributed by atoms with Crippen molar-refractivity contribution in [2.24, 2.45) is 5.92 Å². The number of carboxylic acids is 2. The van der Waals surface area contributed by atoms with Gasteiger partial charge in [0.15, 0.2) is 0 Å². The predicted molar refractivity (Wildman–Crippen MR) is 142 cm³/mol. The Bertz CT molecular complexity index is 637. The van der Waals surface area contributed by atoms with E-state index < -0.39 is 18.0 Å². The van der Waals surface area contributed by atoms with Crippen molar-refractivity contribution < 1.29 is 90.7 Å². The molecule has 1 saturated carbocycles. The number of carbonyl (C=O) groups is 3. The summed E-state index contributed by atoms with van der Waals surface area (Å²) in [7, 11) is 0. The summed E-state index contributed by atoms with van der Waals surface area (Å²) in [5, 5.41) is 29.9. The van der Waals surface area contributed by atoms with E-state index in [1.807, 2.05) is 9.80 Å². The van der Waals surface area contributed by atoms with Gasteiger partial charge in [-0.2, -0.15) is 12.0 Å². The Morgan fingerprint density at radius 1 is 0.897 bits per heavy atom. The van der Waals surface area contributed by atoms with Gasteiger partial charge in [-0.15, -0.1) is 0 Å². The van der Waals surface area contributed by atoms with Crippen LogP contribution >= 0.6 is 0 Å². The van der Waals surface area contributed by atoms with Gasteiger partial charge in [-0.05, 0) is 6.92 Å². The fourth-order valence-electron chi connectivity index (χ4n) is 4.44. The number of β-amino-alcohol motifs (C(OH)–C–C–N with tert-alkyl or cyclic N) is 1. The van der Waals surface area contributed by atoms with E-state index >= 15 is 0 Å². The first-order chi connectivity index (χ1) is 17.0. The van der Waals surface area contributed by atoms with Crippen LogP contribution in [0.4, 0.5) is 0 Å². The van der Waals surface area contributed by atoms with Crippen LogP contribution in [-0.2, 0) is 35.4 Å². The summed E-state index contributed by atoms with van der Waals surface area (Å²) in [6.45, 7) is 13.1. The second kappa shape index (κ2) is 24.8. The van der Waals surface area contributed by atoms with E-state index in [2.05, 4.69) is 13.8 Å². The van der Waals surface area contributed by atoms with Gasteiger partial charge in [0.1, 0.15) is 0 Å². The molecule has 0 spiro atoms. The monoisotopic (exact) mass is 879 g/mol. The molecule has 0 radical (unpaired) electrons. The summed E-state index contributed by atoms with van der Waals surface area (Å²) in [5.41, 5.74) is 7.42. The smallest absolute Gasteiger partial charge is 0.317 e.